The second-order valence-corrected chi connectivity index (χ2v) is 7.87. The first kappa shape index (κ1) is 24.3. The molecular weight excluding hydrogens is 450 g/mol. The Morgan fingerprint density at radius 2 is 1.70 bits per heavy atom. The van der Waals surface area contributed by atoms with Crippen molar-refractivity contribution in [3.8, 4) is 23.0 Å². The molecule has 1 unspecified atom stereocenters. The van der Waals surface area contributed by atoms with Crippen LogP contribution in [0.5, 0.6) is 23.0 Å². The van der Waals surface area contributed by atoms with Crippen molar-refractivity contribution in [3.63, 3.8) is 0 Å². The van der Waals surface area contributed by atoms with Gasteiger partial charge in [-0.3, -0.25) is 9.59 Å². The Balaban J connectivity index is 2.26. The van der Waals surface area contributed by atoms with Gasteiger partial charge in [0.25, 0.3) is 11.7 Å². The Hall–Kier alpha value is -3.39. The normalized spacial score (nSPS) is 17.4. The van der Waals surface area contributed by atoms with Crippen molar-refractivity contribution < 1.29 is 34.0 Å². The maximum atomic E-state index is 13.1. The molecule has 1 saturated heterocycles. The van der Waals surface area contributed by atoms with Gasteiger partial charge in [-0.1, -0.05) is 31.0 Å². The predicted molar refractivity (Wildman–Crippen MR) is 123 cm³/mol. The molecule has 1 amide bonds. The van der Waals surface area contributed by atoms with Crippen LogP contribution in [0.4, 0.5) is 0 Å². The number of benzene rings is 2. The van der Waals surface area contributed by atoms with Crippen molar-refractivity contribution in [2.24, 2.45) is 0 Å². The summed E-state index contributed by atoms with van der Waals surface area (Å²) >= 11 is 6.18. The monoisotopic (exact) mass is 475 g/mol. The molecule has 1 heterocycles. The van der Waals surface area contributed by atoms with Gasteiger partial charge >= 0.3 is 0 Å². The van der Waals surface area contributed by atoms with E-state index in [4.69, 9.17) is 25.8 Å². The molecule has 176 valence electrons. The van der Waals surface area contributed by atoms with Gasteiger partial charge in [-0.2, -0.15) is 0 Å². The molecule has 0 saturated carbocycles. The van der Waals surface area contributed by atoms with Gasteiger partial charge in [0.1, 0.15) is 17.3 Å². The van der Waals surface area contributed by atoms with Crippen LogP contribution in [0.15, 0.2) is 35.9 Å². The van der Waals surface area contributed by atoms with Crippen LogP contribution < -0.4 is 14.2 Å². The third-order valence-electron chi connectivity index (χ3n) is 5.54. The van der Waals surface area contributed by atoms with Crippen LogP contribution in [0, 0.1) is 0 Å². The lowest BCUT2D eigenvalue weighted by atomic mass is 9.94. The fourth-order valence-electron chi connectivity index (χ4n) is 3.85. The van der Waals surface area contributed by atoms with E-state index in [1.165, 1.54) is 50.5 Å². The number of methoxy groups -OCH3 is 3. The van der Waals surface area contributed by atoms with E-state index < -0.39 is 23.5 Å². The van der Waals surface area contributed by atoms with Crippen molar-refractivity contribution >= 4 is 29.1 Å². The molecule has 2 aromatic rings. The smallest absolute Gasteiger partial charge is 0.295 e. The second kappa shape index (κ2) is 10.0. The van der Waals surface area contributed by atoms with Gasteiger partial charge in [-0.15, -0.1) is 0 Å². The first-order valence-electron chi connectivity index (χ1n) is 10.4. The topological polar surface area (TPSA) is 106 Å². The maximum absolute atomic E-state index is 13.1. The number of Topliss-reactive ketones (excluding diaryl/α,β-unsaturated/α-hetero) is 1. The number of phenolic OH excluding ortho intramolecular Hbond substituents is 1. The molecule has 0 aliphatic carbocycles. The average molecular weight is 476 g/mol. The first-order chi connectivity index (χ1) is 15.8. The van der Waals surface area contributed by atoms with Crippen LogP contribution in [0.1, 0.15) is 36.9 Å². The van der Waals surface area contributed by atoms with E-state index in [9.17, 15) is 19.8 Å². The number of carbonyl (C=O) groups excluding carboxylic acids is 2. The number of hydrogen-bond donors (Lipinski definition) is 2. The lowest BCUT2D eigenvalue weighted by Gasteiger charge is -2.25. The number of rotatable bonds is 8. The van der Waals surface area contributed by atoms with E-state index in [1.807, 2.05) is 6.92 Å². The number of unbranched alkanes of at least 4 members (excludes halogenated alkanes) is 1. The molecule has 1 atom stereocenters. The lowest BCUT2D eigenvalue weighted by molar-refractivity contribution is -0.139. The van der Waals surface area contributed by atoms with Gasteiger partial charge < -0.3 is 29.3 Å². The highest BCUT2D eigenvalue weighted by molar-refractivity contribution is 6.46. The summed E-state index contributed by atoms with van der Waals surface area (Å²) in [5, 5.41) is 21.9. The number of ether oxygens (including phenoxy) is 3. The molecule has 0 bridgehead atoms. The minimum absolute atomic E-state index is 0.122. The third-order valence-corrected chi connectivity index (χ3v) is 5.84. The Morgan fingerprint density at radius 1 is 1.03 bits per heavy atom. The SMILES string of the molecule is CCCCN1C(=O)C(=O)/C(=C(/O)c2cc(OC)c(Cl)cc2OC)C1c1ccc(OC)c(O)c1. The van der Waals surface area contributed by atoms with Crippen LogP contribution in [0.2, 0.25) is 5.02 Å². The lowest BCUT2D eigenvalue weighted by Crippen LogP contribution is -2.30. The summed E-state index contributed by atoms with van der Waals surface area (Å²) in [4.78, 5) is 27.5. The van der Waals surface area contributed by atoms with E-state index in [1.54, 1.807) is 6.07 Å². The molecule has 0 spiro atoms. The summed E-state index contributed by atoms with van der Waals surface area (Å²) in [5.41, 5.74) is 0.475. The van der Waals surface area contributed by atoms with E-state index in [-0.39, 0.29) is 39.2 Å². The number of nitrogens with zero attached hydrogens (tertiary/aromatic N) is 1. The van der Waals surface area contributed by atoms with Crippen molar-refractivity contribution in [1.29, 1.82) is 0 Å². The number of phenols is 1. The van der Waals surface area contributed by atoms with Gasteiger partial charge in [0.15, 0.2) is 11.5 Å². The molecule has 1 aliphatic heterocycles. The molecule has 2 aromatic carbocycles. The summed E-state index contributed by atoms with van der Waals surface area (Å²) in [7, 11) is 4.23. The Labute approximate surface area is 196 Å². The van der Waals surface area contributed by atoms with Crippen molar-refractivity contribution in [3.05, 3.63) is 52.1 Å². The van der Waals surface area contributed by atoms with Gasteiger partial charge in [0, 0.05) is 12.6 Å². The van der Waals surface area contributed by atoms with E-state index in [2.05, 4.69) is 0 Å². The Morgan fingerprint density at radius 3 is 2.27 bits per heavy atom. The molecule has 33 heavy (non-hydrogen) atoms. The second-order valence-electron chi connectivity index (χ2n) is 7.46. The van der Waals surface area contributed by atoms with Crippen LogP contribution in [0.3, 0.4) is 0 Å². The number of aromatic hydroxyl groups is 1. The fraction of sp³-hybridized carbons (Fsp3) is 0.333. The number of halogens is 1. The molecule has 9 heteroatoms. The zero-order valence-electron chi connectivity index (χ0n) is 18.8. The van der Waals surface area contributed by atoms with Crippen molar-refractivity contribution in [2.75, 3.05) is 27.9 Å². The van der Waals surface area contributed by atoms with E-state index >= 15 is 0 Å². The summed E-state index contributed by atoms with van der Waals surface area (Å²) in [6.07, 6.45) is 1.45. The number of amides is 1. The molecule has 2 N–H and O–H groups in total. The van der Waals surface area contributed by atoms with Gasteiger partial charge in [0.2, 0.25) is 0 Å². The van der Waals surface area contributed by atoms with Crippen molar-refractivity contribution in [2.45, 2.75) is 25.8 Å². The number of ketones is 1. The Bertz CT molecular complexity index is 1110. The average Bonchev–Trinajstić information content (AvgIpc) is 3.06. The van der Waals surface area contributed by atoms with Crippen LogP contribution in [0.25, 0.3) is 5.76 Å². The van der Waals surface area contributed by atoms with Crippen LogP contribution in [-0.2, 0) is 9.59 Å². The summed E-state index contributed by atoms with van der Waals surface area (Å²) < 4.78 is 15.7. The number of likely N-dealkylation sites (tertiary alicyclic amines) is 1. The van der Waals surface area contributed by atoms with Crippen LogP contribution in [-0.4, -0.2) is 54.7 Å². The number of carbonyl (C=O) groups is 2. The van der Waals surface area contributed by atoms with Gasteiger partial charge in [-0.05, 0) is 30.2 Å². The summed E-state index contributed by atoms with van der Waals surface area (Å²) in [6, 6.07) is 6.58. The maximum Gasteiger partial charge on any atom is 0.295 e. The molecule has 0 aromatic heterocycles. The Kier molecular flexibility index (Phi) is 7.38. The van der Waals surface area contributed by atoms with Gasteiger partial charge in [0.05, 0.1) is 43.5 Å². The quantitative estimate of drug-likeness (QED) is 0.333. The molecule has 1 fully saturated rings. The fourth-order valence-corrected chi connectivity index (χ4v) is 4.08. The zero-order chi connectivity index (χ0) is 24.3. The van der Waals surface area contributed by atoms with Crippen LogP contribution >= 0.6 is 11.6 Å². The molecule has 3 rings (SSSR count). The number of aliphatic hydroxyl groups excluding tert-OH is 1. The summed E-state index contributed by atoms with van der Waals surface area (Å²) in [5.74, 6) is -1.44. The molecular formula is C24H26ClNO7. The minimum Gasteiger partial charge on any atom is -0.507 e. The largest absolute Gasteiger partial charge is 0.507 e. The van der Waals surface area contributed by atoms with Gasteiger partial charge in [-0.25, -0.2) is 0 Å². The highest BCUT2D eigenvalue weighted by Crippen LogP contribution is 2.44. The number of hydrogen-bond acceptors (Lipinski definition) is 7. The summed E-state index contributed by atoms with van der Waals surface area (Å²) in [6.45, 7) is 2.27. The molecule has 8 nitrogen and oxygen atoms in total. The zero-order valence-corrected chi connectivity index (χ0v) is 19.6. The van der Waals surface area contributed by atoms with E-state index in [0.29, 0.717) is 18.5 Å². The predicted octanol–water partition coefficient (Wildman–Crippen LogP) is 4.29. The third kappa shape index (κ3) is 4.43. The van der Waals surface area contributed by atoms with Crippen molar-refractivity contribution in [1.82, 2.24) is 4.90 Å². The number of aliphatic hydroxyl groups is 1. The molecule has 0 radical (unpaired) electrons. The highest BCUT2D eigenvalue weighted by atomic mass is 35.5. The standard InChI is InChI=1S/C24H26ClNO7/c1-5-6-9-26-21(13-7-8-17(31-2)16(27)10-13)20(23(29)24(26)30)22(28)14-11-19(33-4)15(25)12-18(14)32-3/h7-8,10-12,21,27-28H,5-6,9H2,1-4H3/b22-20+. The highest BCUT2D eigenvalue weighted by Gasteiger charge is 2.46. The minimum atomic E-state index is -0.917. The first-order valence-corrected chi connectivity index (χ1v) is 10.7. The van der Waals surface area contributed by atoms with E-state index in [0.717, 1.165) is 6.42 Å². The molecule has 1 aliphatic rings.